The van der Waals surface area contributed by atoms with E-state index in [-0.39, 0.29) is 0 Å². The lowest BCUT2D eigenvalue weighted by atomic mass is 9.67. The molecule has 16 heavy (non-hydrogen) atoms. The number of rotatable bonds is 2. The molecule has 0 amide bonds. The fourth-order valence-electron chi connectivity index (χ4n) is 2.96. The molecule has 0 radical (unpaired) electrons. The fourth-order valence-corrected chi connectivity index (χ4v) is 2.96. The number of nitrogens with zero attached hydrogens (tertiary/aromatic N) is 2. The van der Waals surface area contributed by atoms with Crippen LogP contribution in [0.5, 0.6) is 0 Å². The molecule has 0 aliphatic heterocycles. The second-order valence-corrected chi connectivity index (χ2v) is 5.16. The van der Waals surface area contributed by atoms with Crippen LogP contribution in [-0.2, 0) is 11.8 Å². The molecule has 0 unspecified atom stereocenters. The second kappa shape index (κ2) is 3.41. The summed E-state index contributed by atoms with van der Waals surface area (Å²) in [6.07, 6.45) is 9.46. The Kier molecular flexibility index (Phi) is 2.13. The zero-order valence-corrected chi connectivity index (χ0v) is 9.92. The lowest BCUT2D eigenvalue weighted by Crippen LogP contribution is -2.32. The van der Waals surface area contributed by atoms with Crippen molar-refractivity contribution in [1.29, 1.82) is 0 Å². The van der Waals surface area contributed by atoms with E-state index in [0.717, 1.165) is 17.8 Å². The molecular formula is C14H18N2. The molecule has 0 N–H and O–H groups in total. The molecule has 0 saturated heterocycles. The molecule has 1 fully saturated rings. The summed E-state index contributed by atoms with van der Waals surface area (Å²) in [5.74, 6) is 0.870. The van der Waals surface area contributed by atoms with Crippen LogP contribution in [-0.4, -0.2) is 9.97 Å². The van der Waals surface area contributed by atoms with Crippen molar-refractivity contribution in [2.45, 2.75) is 50.9 Å². The Bertz CT molecular complexity index is 444. The number of hydrogen-bond acceptors (Lipinski definition) is 2. The Morgan fingerprint density at radius 3 is 2.88 bits per heavy atom. The smallest absolute Gasteiger partial charge is 0.154 e. The van der Waals surface area contributed by atoms with Gasteiger partial charge in [0.15, 0.2) is 5.82 Å². The van der Waals surface area contributed by atoms with Gasteiger partial charge in [0.25, 0.3) is 0 Å². The molecule has 1 spiro atoms. The maximum Gasteiger partial charge on any atom is 0.154 e. The van der Waals surface area contributed by atoms with Crippen LogP contribution in [0, 0.1) is 0 Å². The summed E-state index contributed by atoms with van der Waals surface area (Å²) < 4.78 is 0. The van der Waals surface area contributed by atoms with E-state index in [0.29, 0.717) is 5.41 Å². The minimum absolute atomic E-state index is 0.432. The van der Waals surface area contributed by atoms with Gasteiger partial charge in [0.05, 0.1) is 5.69 Å². The van der Waals surface area contributed by atoms with Crippen LogP contribution in [0.2, 0.25) is 0 Å². The average molecular weight is 214 g/mol. The first kappa shape index (κ1) is 10.0. The highest BCUT2D eigenvalue weighted by Crippen LogP contribution is 2.51. The first-order chi connectivity index (χ1) is 7.75. The van der Waals surface area contributed by atoms with Gasteiger partial charge in [0, 0.05) is 11.6 Å². The first-order valence-corrected chi connectivity index (χ1v) is 6.30. The summed E-state index contributed by atoms with van der Waals surface area (Å²) in [6, 6.07) is 0. The molecule has 0 aromatic carbocycles. The van der Waals surface area contributed by atoms with Crippen molar-refractivity contribution in [3.63, 3.8) is 0 Å². The van der Waals surface area contributed by atoms with Crippen LogP contribution in [0.3, 0.4) is 0 Å². The number of hydrogen-bond donors (Lipinski definition) is 0. The maximum atomic E-state index is 4.79. The molecule has 1 aromatic heterocycles. The molecule has 2 heteroatoms. The van der Waals surface area contributed by atoms with Gasteiger partial charge in [-0.1, -0.05) is 19.9 Å². The van der Waals surface area contributed by atoms with E-state index in [2.05, 4.69) is 18.5 Å². The summed E-state index contributed by atoms with van der Waals surface area (Å²) in [5, 5.41) is 0. The first-order valence-electron chi connectivity index (χ1n) is 6.30. The quantitative estimate of drug-likeness (QED) is 0.755. The van der Waals surface area contributed by atoms with E-state index in [1.807, 2.05) is 6.20 Å². The second-order valence-electron chi connectivity index (χ2n) is 5.16. The van der Waals surface area contributed by atoms with Crippen molar-refractivity contribution in [3.05, 3.63) is 29.9 Å². The summed E-state index contributed by atoms with van der Waals surface area (Å²) >= 11 is 0. The zero-order chi connectivity index (χ0) is 11.2. The molecule has 1 saturated carbocycles. The van der Waals surface area contributed by atoms with E-state index in [9.17, 15) is 0 Å². The molecular weight excluding hydrogens is 196 g/mol. The van der Waals surface area contributed by atoms with E-state index >= 15 is 0 Å². The third kappa shape index (κ3) is 1.25. The molecule has 2 aliphatic rings. The normalized spacial score (nSPS) is 20.6. The number of aryl methyl sites for hydroxylation is 1. The minimum atomic E-state index is 0.432. The molecule has 0 bridgehead atoms. The van der Waals surface area contributed by atoms with Gasteiger partial charge in [-0.15, -0.1) is 0 Å². The van der Waals surface area contributed by atoms with Gasteiger partial charge < -0.3 is 0 Å². The summed E-state index contributed by atoms with van der Waals surface area (Å²) in [5.41, 5.74) is 4.22. The van der Waals surface area contributed by atoms with Crippen LogP contribution in [0.4, 0.5) is 0 Å². The Balaban J connectivity index is 2.03. The van der Waals surface area contributed by atoms with Crippen LogP contribution in [0.1, 0.15) is 56.1 Å². The monoisotopic (exact) mass is 214 g/mol. The van der Waals surface area contributed by atoms with Gasteiger partial charge in [-0.2, -0.15) is 0 Å². The lowest BCUT2D eigenvalue weighted by molar-refractivity contribution is 0.237. The summed E-state index contributed by atoms with van der Waals surface area (Å²) in [7, 11) is 0. The van der Waals surface area contributed by atoms with Crippen LogP contribution >= 0.6 is 0 Å². The van der Waals surface area contributed by atoms with Gasteiger partial charge in [0.2, 0.25) is 0 Å². The van der Waals surface area contributed by atoms with Gasteiger partial charge in [-0.05, 0) is 43.2 Å². The average Bonchev–Trinajstić information content (AvgIpc) is 2.66. The number of allylic oxidation sites excluding steroid dienone is 1. The van der Waals surface area contributed by atoms with Gasteiger partial charge >= 0.3 is 0 Å². The molecule has 2 aliphatic carbocycles. The lowest BCUT2D eigenvalue weighted by Gasteiger charge is -2.38. The minimum Gasteiger partial charge on any atom is -0.237 e. The highest BCUT2D eigenvalue weighted by molar-refractivity contribution is 5.57. The van der Waals surface area contributed by atoms with Gasteiger partial charge in [0.1, 0.15) is 0 Å². The molecule has 0 atom stereocenters. The number of fused-ring (bicyclic) bond motifs is 2. The Hall–Kier alpha value is -1.18. The standard InChI is InChI=1S/C14H18N2/c1-3-10(2)13-15-9-11-5-8-14(6-4-7-14)12(11)16-13/h9H,2-8H2,1H3. The van der Waals surface area contributed by atoms with Gasteiger partial charge in [-0.3, -0.25) is 0 Å². The summed E-state index contributed by atoms with van der Waals surface area (Å²) in [4.78, 5) is 9.22. The zero-order valence-electron chi connectivity index (χ0n) is 9.92. The van der Waals surface area contributed by atoms with Crippen LogP contribution in [0.15, 0.2) is 12.8 Å². The van der Waals surface area contributed by atoms with Gasteiger partial charge in [-0.25, -0.2) is 9.97 Å². The van der Waals surface area contributed by atoms with Crippen molar-refractivity contribution < 1.29 is 0 Å². The van der Waals surface area contributed by atoms with E-state index in [1.54, 1.807) is 0 Å². The third-order valence-corrected chi connectivity index (χ3v) is 4.29. The van der Waals surface area contributed by atoms with Crippen LogP contribution < -0.4 is 0 Å². The predicted molar refractivity (Wildman–Crippen MR) is 65.2 cm³/mol. The van der Waals surface area contributed by atoms with Crippen molar-refractivity contribution in [2.75, 3.05) is 0 Å². The van der Waals surface area contributed by atoms with Crippen molar-refractivity contribution >= 4 is 5.57 Å². The van der Waals surface area contributed by atoms with Crippen molar-refractivity contribution in [3.8, 4) is 0 Å². The largest absolute Gasteiger partial charge is 0.237 e. The Labute approximate surface area is 96.8 Å². The van der Waals surface area contributed by atoms with Crippen LogP contribution in [0.25, 0.3) is 5.57 Å². The summed E-state index contributed by atoms with van der Waals surface area (Å²) in [6.45, 7) is 6.14. The maximum absolute atomic E-state index is 4.79. The van der Waals surface area contributed by atoms with E-state index < -0.39 is 0 Å². The fraction of sp³-hybridized carbons (Fsp3) is 0.571. The number of aromatic nitrogens is 2. The molecule has 2 nitrogen and oxygen atoms in total. The highest BCUT2D eigenvalue weighted by Gasteiger charge is 2.45. The molecule has 1 heterocycles. The van der Waals surface area contributed by atoms with Crippen molar-refractivity contribution in [2.24, 2.45) is 0 Å². The Morgan fingerprint density at radius 1 is 1.44 bits per heavy atom. The highest BCUT2D eigenvalue weighted by atomic mass is 14.9. The third-order valence-electron chi connectivity index (χ3n) is 4.29. The SMILES string of the molecule is C=C(CC)c1ncc2c(n1)C1(CCC1)CC2. The molecule has 84 valence electrons. The molecule has 3 rings (SSSR count). The van der Waals surface area contributed by atoms with E-state index in [4.69, 9.17) is 4.98 Å². The van der Waals surface area contributed by atoms with Crippen molar-refractivity contribution in [1.82, 2.24) is 9.97 Å². The van der Waals surface area contributed by atoms with E-state index in [1.165, 1.54) is 43.4 Å². The Morgan fingerprint density at radius 2 is 2.25 bits per heavy atom. The molecule has 1 aromatic rings. The topological polar surface area (TPSA) is 25.8 Å². The predicted octanol–water partition coefficient (Wildman–Crippen LogP) is 3.27.